The van der Waals surface area contributed by atoms with Crippen LogP contribution in [0.15, 0.2) is 10.9 Å². The number of carbonyl (C=O) groups is 1. The lowest BCUT2D eigenvalue weighted by Gasteiger charge is -2.04. The van der Waals surface area contributed by atoms with Crippen molar-refractivity contribution in [2.75, 3.05) is 6.54 Å². The van der Waals surface area contributed by atoms with Gasteiger partial charge >= 0.3 is 0 Å². The van der Waals surface area contributed by atoms with Crippen LogP contribution in [-0.4, -0.2) is 27.8 Å². The molecule has 1 aromatic rings. The second kappa shape index (κ2) is 4.86. The largest absolute Gasteiger partial charge is 0.355 e. The van der Waals surface area contributed by atoms with Gasteiger partial charge in [-0.25, -0.2) is 0 Å². The Morgan fingerprint density at radius 1 is 1.85 bits per heavy atom. The monoisotopic (exact) mass is 201 g/mol. The highest BCUT2D eigenvalue weighted by Crippen LogP contribution is 1.92. The minimum absolute atomic E-state index is 0.0909. The van der Waals surface area contributed by atoms with Gasteiger partial charge < -0.3 is 9.84 Å². The van der Waals surface area contributed by atoms with E-state index in [1.54, 1.807) is 6.92 Å². The Morgan fingerprint density at radius 3 is 3.15 bits per heavy atom. The Hall–Kier alpha value is -1.04. The number of rotatable bonds is 4. The SMILES string of the molecule is CC(S)C(=O)NCCc1ncon1. The lowest BCUT2D eigenvalue weighted by atomic mass is 10.4. The maximum absolute atomic E-state index is 11.0. The van der Waals surface area contributed by atoms with E-state index in [1.807, 2.05) is 0 Å². The summed E-state index contributed by atoms with van der Waals surface area (Å²) in [6, 6.07) is 0. The van der Waals surface area contributed by atoms with E-state index < -0.39 is 0 Å². The Morgan fingerprint density at radius 2 is 2.62 bits per heavy atom. The number of carbonyl (C=O) groups excluding carboxylic acids is 1. The number of thiol groups is 1. The maximum atomic E-state index is 11.0. The summed E-state index contributed by atoms with van der Waals surface area (Å²) in [4.78, 5) is 14.8. The van der Waals surface area contributed by atoms with Crippen molar-refractivity contribution in [3.63, 3.8) is 0 Å². The number of hydrogen-bond acceptors (Lipinski definition) is 5. The van der Waals surface area contributed by atoms with Gasteiger partial charge in [-0.1, -0.05) is 5.16 Å². The third kappa shape index (κ3) is 3.45. The van der Waals surface area contributed by atoms with Gasteiger partial charge in [0.1, 0.15) is 0 Å². The molecule has 5 nitrogen and oxygen atoms in total. The highest BCUT2D eigenvalue weighted by molar-refractivity contribution is 7.81. The highest BCUT2D eigenvalue weighted by atomic mass is 32.1. The Bertz CT molecular complexity index is 261. The van der Waals surface area contributed by atoms with Crippen molar-refractivity contribution in [2.24, 2.45) is 0 Å². The Kier molecular flexibility index (Phi) is 3.75. The molecule has 0 spiro atoms. The van der Waals surface area contributed by atoms with Gasteiger partial charge in [0, 0.05) is 13.0 Å². The number of nitrogens with zero attached hydrogens (tertiary/aromatic N) is 2. The van der Waals surface area contributed by atoms with Crippen molar-refractivity contribution >= 4 is 18.5 Å². The zero-order chi connectivity index (χ0) is 9.68. The first-order valence-electron chi connectivity index (χ1n) is 3.91. The number of amides is 1. The second-order valence-corrected chi connectivity index (χ2v) is 3.34. The number of hydrogen-bond donors (Lipinski definition) is 2. The van der Waals surface area contributed by atoms with Gasteiger partial charge in [0.15, 0.2) is 5.82 Å². The molecule has 72 valence electrons. The molecule has 0 aliphatic rings. The van der Waals surface area contributed by atoms with Crippen molar-refractivity contribution < 1.29 is 9.32 Å². The first-order chi connectivity index (χ1) is 6.20. The van der Waals surface area contributed by atoms with E-state index in [-0.39, 0.29) is 11.2 Å². The van der Waals surface area contributed by atoms with Crippen LogP contribution in [-0.2, 0) is 11.2 Å². The molecule has 1 heterocycles. The third-order valence-corrected chi connectivity index (χ3v) is 1.67. The molecule has 6 heteroatoms. The fourth-order valence-electron chi connectivity index (χ4n) is 0.748. The summed E-state index contributed by atoms with van der Waals surface area (Å²) < 4.78 is 4.53. The molecule has 0 aliphatic heterocycles. The smallest absolute Gasteiger partial charge is 0.232 e. The van der Waals surface area contributed by atoms with E-state index in [2.05, 4.69) is 32.6 Å². The summed E-state index contributed by atoms with van der Waals surface area (Å²) in [6.07, 6.45) is 1.83. The van der Waals surface area contributed by atoms with E-state index in [4.69, 9.17) is 0 Å². The van der Waals surface area contributed by atoms with Crippen molar-refractivity contribution in [1.82, 2.24) is 15.5 Å². The summed E-state index contributed by atoms with van der Waals surface area (Å²) in [7, 11) is 0. The quantitative estimate of drug-likeness (QED) is 0.675. The van der Waals surface area contributed by atoms with Crippen molar-refractivity contribution in [2.45, 2.75) is 18.6 Å². The second-order valence-electron chi connectivity index (χ2n) is 2.56. The fraction of sp³-hybridized carbons (Fsp3) is 0.571. The molecule has 1 amide bonds. The van der Waals surface area contributed by atoms with Crippen molar-refractivity contribution in [1.29, 1.82) is 0 Å². The number of nitrogens with one attached hydrogen (secondary N) is 1. The zero-order valence-corrected chi connectivity index (χ0v) is 8.12. The summed E-state index contributed by atoms with van der Waals surface area (Å²) >= 11 is 3.98. The van der Waals surface area contributed by atoms with E-state index in [9.17, 15) is 4.79 Å². The molecule has 0 saturated heterocycles. The molecule has 1 aromatic heterocycles. The molecule has 1 rings (SSSR count). The van der Waals surface area contributed by atoms with Gasteiger partial charge in [-0.05, 0) is 6.92 Å². The summed E-state index contributed by atoms with van der Waals surface area (Å²) in [5.41, 5.74) is 0. The lowest BCUT2D eigenvalue weighted by molar-refractivity contribution is -0.120. The lowest BCUT2D eigenvalue weighted by Crippen LogP contribution is -2.31. The van der Waals surface area contributed by atoms with Crippen LogP contribution in [0.25, 0.3) is 0 Å². The highest BCUT2D eigenvalue weighted by Gasteiger charge is 2.06. The Labute approximate surface area is 81.3 Å². The van der Waals surface area contributed by atoms with Crippen LogP contribution in [0.5, 0.6) is 0 Å². The molecule has 1 N–H and O–H groups in total. The normalized spacial score (nSPS) is 12.5. The summed E-state index contributed by atoms with van der Waals surface area (Å²) in [6.45, 7) is 2.22. The van der Waals surface area contributed by atoms with Crippen LogP contribution >= 0.6 is 12.6 Å². The summed E-state index contributed by atoms with van der Waals surface area (Å²) in [5.74, 6) is 0.499. The van der Waals surface area contributed by atoms with Gasteiger partial charge in [0.05, 0.1) is 5.25 Å². The van der Waals surface area contributed by atoms with E-state index in [1.165, 1.54) is 6.39 Å². The van der Waals surface area contributed by atoms with Crippen LogP contribution in [0.1, 0.15) is 12.7 Å². The maximum Gasteiger partial charge on any atom is 0.232 e. The van der Waals surface area contributed by atoms with Gasteiger partial charge in [-0.2, -0.15) is 17.6 Å². The molecular weight excluding hydrogens is 190 g/mol. The molecule has 0 bridgehead atoms. The van der Waals surface area contributed by atoms with Crippen LogP contribution in [0.4, 0.5) is 0 Å². The molecular formula is C7H11N3O2S. The standard InChI is InChI=1S/C7H11N3O2S/c1-5(13)7(11)8-3-2-6-9-4-12-10-6/h4-5,13H,2-3H2,1H3,(H,8,11). The fourth-order valence-corrected chi connectivity index (χ4v) is 0.839. The van der Waals surface area contributed by atoms with E-state index >= 15 is 0 Å². The molecule has 0 aliphatic carbocycles. The van der Waals surface area contributed by atoms with E-state index in [0.717, 1.165) is 0 Å². The van der Waals surface area contributed by atoms with Gasteiger partial charge in [0.25, 0.3) is 0 Å². The topological polar surface area (TPSA) is 68.0 Å². The van der Waals surface area contributed by atoms with Crippen LogP contribution in [0, 0.1) is 0 Å². The van der Waals surface area contributed by atoms with Crippen molar-refractivity contribution in [3.8, 4) is 0 Å². The first-order valence-corrected chi connectivity index (χ1v) is 4.43. The average Bonchev–Trinajstić information content (AvgIpc) is 2.56. The first kappa shape index (κ1) is 10.0. The zero-order valence-electron chi connectivity index (χ0n) is 7.23. The Balaban J connectivity index is 2.18. The molecule has 1 unspecified atom stereocenters. The minimum Gasteiger partial charge on any atom is -0.355 e. The summed E-state index contributed by atoms with van der Waals surface area (Å²) in [5, 5.41) is 6.00. The van der Waals surface area contributed by atoms with Crippen LogP contribution in [0.2, 0.25) is 0 Å². The average molecular weight is 201 g/mol. The molecule has 1 atom stereocenters. The van der Waals surface area contributed by atoms with Crippen molar-refractivity contribution in [3.05, 3.63) is 12.2 Å². The van der Waals surface area contributed by atoms with Gasteiger partial charge in [0.2, 0.25) is 12.3 Å². The van der Waals surface area contributed by atoms with Crippen LogP contribution < -0.4 is 5.32 Å². The molecule has 0 radical (unpaired) electrons. The minimum atomic E-state index is -0.287. The third-order valence-electron chi connectivity index (χ3n) is 1.43. The predicted octanol–water partition coefficient (Wildman–Crippen LogP) is 0.0466. The van der Waals surface area contributed by atoms with Crippen LogP contribution in [0.3, 0.4) is 0 Å². The predicted molar refractivity (Wildman–Crippen MR) is 49.5 cm³/mol. The van der Waals surface area contributed by atoms with E-state index in [0.29, 0.717) is 18.8 Å². The molecule has 0 saturated carbocycles. The molecule has 0 aromatic carbocycles. The molecule has 0 fully saturated rings. The van der Waals surface area contributed by atoms with Gasteiger partial charge in [-0.3, -0.25) is 4.79 Å². The molecule has 13 heavy (non-hydrogen) atoms. The van der Waals surface area contributed by atoms with Gasteiger partial charge in [-0.15, -0.1) is 0 Å². The number of aromatic nitrogens is 2.